The molecule has 0 amide bonds. The van der Waals surface area contributed by atoms with Gasteiger partial charge in [-0.2, -0.15) is 0 Å². The summed E-state index contributed by atoms with van der Waals surface area (Å²) in [4.78, 5) is 9.14. The Morgan fingerprint density at radius 2 is 1.94 bits per heavy atom. The van der Waals surface area contributed by atoms with Gasteiger partial charge in [-0.15, -0.1) is 0 Å². The predicted octanol–water partition coefficient (Wildman–Crippen LogP) is 7.27. The number of halogens is 3. The second kappa shape index (κ2) is 9.27. The third kappa shape index (κ3) is 4.42. The fraction of sp³-hybridized carbons (Fsp3) is 0.231. The van der Waals surface area contributed by atoms with Crippen LogP contribution in [-0.2, 0) is 12.2 Å². The Hall–Kier alpha value is -2.70. The van der Waals surface area contributed by atoms with Gasteiger partial charge < -0.3 is 0 Å². The molecule has 168 valence electrons. The van der Waals surface area contributed by atoms with Gasteiger partial charge in [0.25, 0.3) is 0 Å². The third-order valence-electron chi connectivity index (χ3n) is 6.04. The Morgan fingerprint density at radius 1 is 1.12 bits per heavy atom. The van der Waals surface area contributed by atoms with Crippen LogP contribution < -0.4 is 0 Å². The summed E-state index contributed by atoms with van der Waals surface area (Å²) in [7, 11) is 0. The van der Waals surface area contributed by atoms with Gasteiger partial charge in [0.2, 0.25) is 0 Å². The average Bonchev–Trinajstić information content (AvgIpc) is 3.19. The number of nitrogens with zero attached hydrogens (tertiary/aromatic N) is 3. The van der Waals surface area contributed by atoms with Crippen LogP contribution in [0.2, 0.25) is 5.02 Å². The van der Waals surface area contributed by atoms with Crippen molar-refractivity contribution in [2.24, 2.45) is 0 Å². The van der Waals surface area contributed by atoms with Gasteiger partial charge >= 0.3 is 0 Å². The van der Waals surface area contributed by atoms with Crippen molar-refractivity contribution in [1.82, 2.24) is 14.5 Å². The molecule has 2 heterocycles. The van der Waals surface area contributed by atoms with Crippen LogP contribution in [0.25, 0.3) is 5.69 Å². The zero-order valence-corrected chi connectivity index (χ0v) is 19.6. The molecule has 0 aliphatic heterocycles. The van der Waals surface area contributed by atoms with E-state index in [2.05, 4.69) is 21.7 Å². The van der Waals surface area contributed by atoms with Gasteiger partial charge in [0.05, 0.1) is 17.1 Å². The lowest BCUT2D eigenvalue weighted by Crippen LogP contribution is -2.15. The molecule has 1 unspecified atom stereocenters. The predicted molar refractivity (Wildman–Crippen MR) is 128 cm³/mol. The number of fused-ring (bicyclic) bond motifs is 1. The summed E-state index contributed by atoms with van der Waals surface area (Å²) in [6.07, 6.45) is 4.48. The molecule has 1 aliphatic rings. The van der Waals surface area contributed by atoms with Crippen molar-refractivity contribution in [2.75, 3.05) is 0 Å². The molecule has 0 saturated heterocycles. The first-order valence-corrected chi connectivity index (χ1v) is 12.2. The van der Waals surface area contributed by atoms with E-state index >= 15 is 0 Å². The van der Waals surface area contributed by atoms with Crippen LogP contribution in [0, 0.1) is 18.6 Å². The number of pyridine rings is 1. The lowest BCUT2D eigenvalue weighted by molar-refractivity contribution is 0.586. The highest BCUT2D eigenvalue weighted by Crippen LogP contribution is 2.41. The summed E-state index contributed by atoms with van der Waals surface area (Å²) < 4.78 is 30.0. The first-order valence-electron chi connectivity index (χ1n) is 10.9. The number of hydrogen-bond donors (Lipinski definition) is 0. The van der Waals surface area contributed by atoms with Crippen LogP contribution in [-0.4, -0.2) is 14.5 Å². The Labute approximate surface area is 200 Å². The number of rotatable bonds is 5. The van der Waals surface area contributed by atoms with E-state index < -0.39 is 0 Å². The van der Waals surface area contributed by atoms with E-state index in [1.807, 2.05) is 13.0 Å². The normalized spacial score (nSPS) is 15.5. The summed E-state index contributed by atoms with van der Waals surface area (Å²) in [5.41, 5.74) is 5.60. The van der Waals surface area contributed by atoms with Crippen molar-refractivity contribution in [3.05, 3.63) is 106 Å². The van der Waals surface area contributed by atoms with Crippen LogP contribution >= 0.6 is 23.4 Å². The van der Waals surface area contributed by atoms with Gasteiger partial charge in [0, 0.05) is 28.6 Å². The number of aromatic nitrogens is 3. The molecule has 5 rings (SSSR count). The minimum atomic E-state index is -0.329. The molecule has 0 bridgehead atoms. The molecule has 7 heteroatoms. The van der Waals surface area contributed by atoms with Gasteiger partial charge in [0.1, 0.15) is 11.6 Å². The quantitative estimate of drug-likeness (QED) is 0.281. The standard InChI is InChI=1S/C26H22ClF2N3S/c1-16-14-17(7-12-21(16)27)20-4-2-6-23-25(20)32(19-10-8-18(28)9-11-19)26(31-23)33-15-24-22(29)5-3-13-30-24/h3,5,7-14,20H,2,4,6,15H2,1H3. The monoisotopic (exact) mass is 481 g/mol. The van der Waals surface area contributed by atoms with Crippen molar-refractivity contribution >= 4 is 23.4 Å². The highest BCUT2D eigenvalue weighted by Gasteiger charge is 2.30. The molecule has 0 fully saturated rings. The van der Waals surface area contributed by atoms with Crippen LogP contribution in [0.3, 0.4) is 0 Å². The molecule has 0 spiro atoms. The van der Waals surface area contributed by atoms with Gasteiger partial charge in [-0.3, -0.25) is 9.55 Å². The maximum Gasteiger partial charge on any atom is 0.173 e. The molecule has 4 aromatic rings. The van der Waals surface area contributed by atoms with E-state index in [9.17, 15) is 8.78 Å². The van der Waals surface area contributed by atoms with Crippen LogP contribution in [0.15, 0.2) is 66.0 Å². The maximum absolute atomic E-state index is 14.2. The molecule has 2 aromatic carbocycles. The van der Waals surface area contributed by atoms with Crippen molar-refractivity contribution in [3.8, 4) is 5.69 Å². The van der Waals surface area contributed by atoms with Crippen molar-refractivity contribution in [1.29, 1.82) is 0 Å². The molecule has 0 radical (unpaired) electrons. The Morgan fingerprint density at radius 3 is 2.70 bits per heavy atom. The van der Waals surface area contributed by atoms with Crippen LogP contribution in [0.4, 0.5) is 8.78 Å². The van der Waals surface area contributed by atoms with Crippen LogP contribution in [0.5, 0.6) is 0 Å². The first kappa shape index (κ1) is 22.1. The highest BCUT2D eigenvalue weighted by atomic mass is 35.5. The summed E-state index contributed by atoms with van der Waals surface area (Å²) in [6.45, 7) is 2.01. The molecule has 0 N–H and O–H groups in total. The number of benzene rings is 2. The van der Waals surface area contributed by atoms with Gasteiger partial charge in [-0.25, -0.2) is 13.8 Å². The van der Waals surface area contributed by atoms with Gasteiger partial charge in [-0.1, -0.05) is 35.5 Å². The van der Waals surface area contributed by atoms with Gasteiger partial charge in [-0.05, 0) is 79.8 Å². The second-order valence-electron chi connectivity index (χ2n) is 8.21. The topological polar surface area (TPSA) is 30.7 Å². The van der Waals surface area contributed by atoms with Gasteiger partial charge in [0.15, 0.2) is 5.16 Å². The average molecular weight is 482 g/mol. The summed E-state index contributed by atoms with van der Waals surface area (Å²) >= 11 is 7.73. The fourth-order valence-corrected chi connectivity index (χ4v) is 5.51. The molecular weight excluding hydrogens is 460 g/mol. The number of thioether (sulfide) groups is 1. The number of aryl methyl sites for hydroxylation is 2. The Balaban J connectivity index is 1.61. The van der Waals surface area contributed by atoms with E-state index in [0.29, 0.717) is 11.4 Å². The summed E-state index contributed by atoms with van der Waals surface area (Å²) in [6, 6.07) is 15.6. The zero-order valence-electron chi connectivity index (χ0n) is 18.1. The number of hydrogen-bond acceptors (Lipinski definition) is 3. The Bertz CT molecular complexity index is 1300. The lowest BCUT2D eigenvalue weighted by atomic mass is 9.83. The molecule has 2 aromatic heterocycles. The van der Waals surface area contributed by atoms with Crippen LogP contribution in [0.1, 0.15) is 47.0 Å². The Kier molecular flexibility index (Phi) is 6.21. The highest BCUT2D eigenvalue weighted by molar-refractivity contribution is 7.98. The minimum Gasteiger partial charge on any atom is -0.291 e. The van der Waals surface area contributed by atoms with Crippen molar-refractivity contribution < 1.29 is 8.78 Å². The van der Waals surface area contributed by atoms with Crippen molar-refractivity contribution in [2.45, 2.75) is 43.0 Å². The SMILES string of the molecule is Cc1cc(C2CCCc3nc(SCc4ncccc4F)n(-c4ccc(F)cc4)c32)ccc1Cl. The van der Waals surface area contributed by atoms with Crippen molar-refractivity contribution in [3.63, 3.8) is 0 Å². The third-order valence-corrected chi connectivity index (χ3v) is 7.41. The zero-order chi connectivity index (χ0) is 22.9. The maximum atomic E-state index is 14.2. The minimum absolute atomic E-state index is 0.142. The van der Waals surface area contributed by atoms with E-state index in [-0.39, 0.29) is 17.6 Å². The molecule has 33 heavy (non-hydrogen) atoms. The molecular formula is C26H22ClF2N3S. The van der Waals surface area contributed by atoms with E-state index in [1.165, 1.54) is 35.5 Å². The first-order chi connectivity index (χ1) is 16.0. The number of imidazole rings is 1. The largest absolute Gasteiger partial charge is 0.291 e. The molecule has 1 aliphatic carbocycles. The second-order valence-corrected chi connectivity index (χ2v) is 9.56. The van der Waals surface area contributed by atoms with E-state index in [1.54, 1.807) is 24.4 Å². The smallest absolute Gasteiger partial charge is 0.173 e. The van der Waals surface area contributed by atoms with E-state index in [0.717, 1.165) is 52.1 Å². The molecule has 1 atom stereocenters. The molecule has 3 nitrogen and oxygen atoms in total. The van der Waals surface area contributed by atoms with E-state index in [4.69, 9.17) is 16.6 Å². The molecule has 0 saturated carbocycles. The summed E-state index contributed by atoms with van der Waals surface area (Å²) in [5, 5.41) is 1.50. The fourth-order valence-electron chi connectivity index (χ4n) is 4.41. The summed E-state index contributed by atoms with van der Waals surface area (Å²) in [5.74, 6) is -0.121. The lowest BCUT2D eigenvalue weighted by Gasteiger charge is -2.25.